The van der Waals surface area contributed by atoms with E-state index < -0.39 is 17.7 Å². The minimum absolute atomic E-state index is 0.00281. The molecule has 6 heterocycles. The molecule has 0 amide bonds. The molecular weight excluding hydrogens is 660 g/mol. The molecule has 256 valence electrons. The number of benzene rings is 1. The first kappa shape index (κ1) is 32.6. The van der Waals surface area contributed by atoms with Crippen molar-refractivity contribution in [2.45, 2.75) is 57.2 Å². The molecule has 2 fully saturated rings. The van der Waals surface area contributed by atoms with Crippen LogP contribution in [0.2, 0.25) is 5.02 Å². The number of anilines is 2. The van der Waals surface area contributed by atoms with E-state index in [0.29, 0.717) is 39.5 Å². The Bertz CT molecular complexity index is 2080. The quantitative estimate of drug-likeness (QED) is 0.184. The van der Waals surface area contributed by atoms with Crippen molar-refractivity contribution in [1.82, 2.24) is 35.0 Å². The van der Waals surface area contributed by atoms with Crippen LogP contribution >= 0.6 is 11.6 Å². The molecule has 13 nitrogen and oxygen atoms in total. The van der Waals surface area contributed by atoms with Crippen LogP contribution in [-0.4, -0.2) is 85.5 Å². The Morgan fingerprint density at radius 3 is 2.69 bits per heavy atom. The molecular formula is C33H34ClF2N9O4. The zero-order valence-corrected chi connectivity index (χ0v) is 27.7. The molecule has 0 unspecified atom stereocenters. The summed E-state index contributed by atoms with van der Waals surface area (Å²) >= 11 is 6.81. The second-order valence-corrected chi connectivity index (χ2v) is 13.0. The van der Waals surface area contributed by atoms with E-state index in [-0.39, 0.29) is 65.4 Å². The Labute approximate surface area is 284 Å². The first-order valence-corrected chi connectivity index (χ1v) is 16.3. The SMILES string of the molecule is C[C@H](c1cc(F)cnc1N)N1c2nc(OC[C@H]3CCN3C)nc3c(F)c(-c4c(C5CC5)c(Cl)cc5[nH]ncc45)nc(c23)OC[C@@H]1C.O=CO. The maximum absolute atomic E-state index is 17.2. The Balaban J connectivity index is 0.00000122. The van der Waals surface area contributed by atoms with Crippen LogP contribution in [0.4, 0.5) is 20.4 Å². The number of aromatic amines is 1. The second kappa shape index (κ2) is 12.9. The molecule has 4 aromatic heterocycles. The fourth-order valence-corrected chi connectivity index (χ4v) is 7.04. The summed E-state index contributed by atoms with van der Waals surface area (Å²) in [6.07, 6.45) is 5.59. The Morgan fingerprint density at radius 2 is 2.00 bits per heavy atom. The van der Waals surface area contributed by atoms with Crippen LogP contribution in [0.15, 0.2) is 24.5 Å². The van der Waals surface area contributed by atoms with Crippen molar-refractivity contribution < 1.29 is 28.2 Å². The summed E-state index contributed by atoms with van der Waals surface area (Å²) in [4.78, 5) is 30.8. The number of ether oxygens (including phenoxy) is 2. The average Bonchev–Trinajstić information content (AvgIpc) is 3.83. The Kier molecular flexibility index (Phi) is 8.57. The van der Waals surface area contributed by atoms with Gasteiger partial charge in [0.15, 0.2) is 5.82 Å². The number of hydrogen-bond acceptors (Lipinski definition) is 11. The number of rotatable bonds is 7. The van der Waals surface area contributed by atoms with Crippen LogP contribution in [0.1, 0.15) is 56.2 Å². The van der Waals surface area contributed by atoms with Crippen molar-refractivity contribution in [3.8, 4) is 23.1 Å². The molecule has 1 saturated heterocycles. The number of fused-ring (bicyclic) bond motifs is 1. The lowest BCUT2D eigenvalue weighted by Gasteiger charge is -2.37. The topological polar surface area (TPSA) is 168 Å². The highest BCUT2D eigenvalue weighted by molar-refractivity contribution is 6.33. The van der Waals surface area contributed by atoms with Crippen molar-refractivity contribution >= 4 is 51.5 Å². The molecule has 5 aromatic rings. The van der Waals surface area contributed by atoms with Crippen molar-refractivity contribution in [2.24, 2.45) is 0 Å². The zero-order valence-electron chi connectivity index (χ0n) is 27.0. The number of carbonyl (C=O) groups is 1. The van der Waals surface area contributed by atoms with E-state index in [1.165, 1.54) is 6.07 Å². The van der Waals surface area contributed by atoms with E-state index in [2.05, 4.69) is 25.1 Å². The smallest absolute Gasteiger partial charge is 0.319 e. The first-order chi connectivity index (χ1) is 23.6. The van der Waals surface area contributed by atoms with Gasteiger partial charge in [-0.3, -0.25) is 14.8 Å². The highest BCUT2D eigenvalue weighted by atomic mass is 35.5. The molecule has 0 spiro atoms. The van der Waals surface area contributed by atoms with Crippen LogP contribution in [0.25, 0.3) is 33.1 Å². The Hall–Kier alpha value is -4.89. The number of nitrogens with one attached hydrogen (secondary N) is 1. The fraction of sp³-hybridized carbons (Fsp3) is 0.394. The van der Waals surface area contributed by atoms with Gasteiger partial charge >= 0.3 is 6.01 Å². The molecule has 2 aliphatic heterocycles. The number of hydrogen-bond donors (Lipinski definition) is 3. The highest BCUT2D eigenvalue weighted by Gasteiger charge is 2.37. The van der Waals surface area contributed by atoms with Gasteiger partial charge in [-0.05, 0) is 70.3 Å². The van der Waals surface area contributed by atoms with E-state index in [1.807, 2.05) is 31.9 Å². The third-order valence-electron chi connectivity index (χ3n) is 9.48. The molecule has 3 aliphatic rings. The number of nitrogens with two attached hydrogens (primary N) is 1. The van der Waals surface area contributed by atoms with Gasteiger partial charge < -0.3 is 25.2 Å². The molecule has 1 aromatic carbocycles. The van der Waals surface area contributed by atoms with Crippen LogP contribution in [-0.2, 0) is 4.79 Å². The standard InChI is InChI=1S/C32H32ClF2N9O2.CH2O2/c1-14-12-45-31-25-28(26(35)27(39-31)24-20-11-38-42-22(20)9-21(33)23(24)16-4-5-16)40-32(46-13-18-6-7-43(18)3)41-30(25)44(14)15(2)19-8-17(34)10-37-29(19)36;2-1-3/h8-11,14-16,18H,4-7,12-13H2,1-3H3,(H2,36,37)(H,38,42);1H,(H,2,3)/t14-,15+,18+;/m0./s1. The summed E-state index contributed by atoms with van der Waals surface area (Å²) in [6, 6.07) is 2.54. The van der Waals surface area contributed by atoms with Crippen LogP contribution in [0, 0.1) is 11.6 Å². The van der Waals surface area contributed by atoms with E-state index >= 15 is 4.39 Å². The van der Waals surface area contributed by atoms with Crippen molar-refractivity contribution in [1.29, 1.82) is 0 Å². The second-order valence-electron chi connectivity index (χ2n) is 12.6. The number of H-pyrrole nitrogens is 1. The van der Waals surface area contributed by atoms with Gasteiger partial charge in [0.2, 0.25) is 5.88 Å². The Morgan fingerprint density at radius 1 is 1.22 bits per heavy atom. The lowest BCUT2D eigenvalue weighted by atomic mass is 9.95. The fourth-order valence-electron chi connectivity index (χ4n) is 6.68. The molecule has 3 atom stereocenters. The van der Waals surface area contributed by atoms with Crippen molar-refractivity contribution in [3.05, 3.63) is 52.3 Å². The van der Waals surface area contributed by atoms with Gasteiger partial charge in [0.05, 0.1) is 30.0 Å². The molecule has 49 heavy (non-hydrogen) atoms. The van der Waals surface area contributed by atoms with Gasteiger partial charge in [-0.25, -0.2) is 18.7 Å². The minimum atomic E-state index is -0.655. The molecule has 8 rings (SSSR count). The number of likely N-dealkylation sites (tertiary alicyclic amines) is 1. The molecule has 0 radical (unpaired) electrons. The summed E-state index contributed by atoms with van der Waals surface area (Å²) in [5.74, 6) is -0.293. The van der Waals surface area contributed by atoms with Gasteiger partial charge in [-0.2, -0.15) is 15.1 Å². The van der Waals surface area contributed by atoms with Crippen LogP contribution in [0.5, 0.6) is 11.9 Å². The minimum Gasteiger partial charge on any atom is -0.483 e. The lowest BCUT2D eigenvalue weighted by Crippen LogP contribution is -2.48. The number of halogens is 3. The molecule has 0 bridgehead atoms. The summed E-state index contributed by atoms with van der Waals surface area (Å²) in [6.45, 7) is 5.04. The van der Waals surface area contributed by atoms with Gasteiger partial charge in [0.25, 0.3) is 6.47 Å². The number of aromatic nitrogens is 6. The van der Waals surface area contributed by atoms with E-state index in [0.717, 1.165) is 37.6 Å². The van der Waals surface area contributed by atoms with Gasteiger partial charge in [0.1, 0.15) is 47.3 Å². The largest absolute Gasteiger partial charge is 0.483 e. The van der Waals surface area contributed by atoms with Gasteiger partial charge in [-0.15, -0.1) is 0 Å². The van der Waals surface area contributed by atoms with Gasteiger partial charge in [0, 0.05) is 27.6 Å². The summed E-state index contributed by atoms with van der Waals surface area (Å²) < 4.78 is 44.0. The highest BCUT2D eigenvalue weighted by Crippen LogP contribution is 2.51. The molecule has 16 heteroatoms. The average molecular weight is 694 g/mol. The number of nitrogens with zero attached hydrogens (tertiary/aromatic N) is 7. The zero-order chi connectivity index (χ0) is 34.6. The number of pyridine rings is 2. The van der Waals surface area contributed by atoms with E-state index in [1.54, 1.807) is 6.20 Å². The third-order valence-corrected chi connectivity index (χ3v) is 9.79. The molecule has 4 N–H and O–H groups in total. The van der Waals surface area contributed by atoms with Crippen LogP contribution < -0.4 is 20.1 Å². The van der Waals surface area contributed by atoms with E-state index in [4.69, 9.17) is 46.7 Å². The number of likely N-dealkylation sites (N-methyl/N-ethyl adjacent to an activating group) is 1. The monoisotopic (exact) mass is 693 g/mol. The predicted molar refractivity (Wildman–Crippen MR) is 179 cm³/mol. The van der Waals surface area contributed by atoms with Crippen LogP contribution in [0.3, 0.4) is 0 Å². The predicted octanol–water partition coefficient (Wildman–Crippen LogP) is 5.49. The first-order valence-electron chi connectivity index (χ1n) is 15.9. The number of carboxylic acid groups (broad SMARTS) is 1. The maximum Gasteiger partial charge on any atom is 0.319 e. The van der Waals surface area contributed by atoms with Crippen molar-refractivity contribution in [2.75, 3.05) is 37.4 Å². The van der Waals surface area contributed by atoms with E-state index in [9.17, 15) is 4.39 Å². The maximum atomic E-state index is 17.2. The summed E-state index contributed by atoms with van der Waals surface area (Å²) in [7, 11) is 2.02. The summed E-state index contributed by atoms with van der Waals surface area (Å²) in [5, 5.41) is 15.6. The molecule has 1 aliphatic carbocycles. The lowest BCUT2D eigenvalue weighted by molar-refractivity contribution is -0.122. The van der Waals surface area contributed by atoms with Crippen molar-refractivity contribution in [3.63, 3.8) is 0 Å². The summed E-state index contributed by atoms with van der Waals surface area (Å²) in [5.41, 5.74) is 8.83. The van der Waals surface area contributed by atoms with Gasteiger partial charge in [-0.1, -0.05) is 11.6 Å². The molecule has 1 saturated carbocycles. The number of nitrogen functional groups attached to an aromatic ring is 1. The third kappa shape index (κ3) is 5.80. The normalized spacial score (nSPS) is 19.4.